The number of likely N-dealkylation sites (tertiary alicyclic amines) is 1. The first-order chi connectivity index (χ1) is 11.0. The molecule has 3 heterocycles. The van der Waals surface area contributed by atoms with E-state index in [0.717, 1.165) is 4.88 Å². The average molecular weight is 354 g/mol. The van der Waals surface area contributed by atoms with E-state index >= 15 is 0 Å². The van der Waals surface area contributed by atoms with E-state index in [2.05, 4.69) is 10.2 Å². The Kier molecular flexibility index (Phi) is 4.41. The number of aliphatic carboxylic acids is 1. The number of hydrogen-bond acceptors (Lipinski definition) is 4. The minimum absolute atomic E-state index is 0.153. The van der Waals surface area contributed by atoms with Gasteiger partial charge in [-0.05, 0) is 24.5 Å². The molecular formula is C15H16ClN3O3S. The molecule has 3 rings (SSSR count). The predicted octanol–water partition coefficient (Wildman–Crippen LogP) is 2.97. The summed E-state index contributed by atoms with van der Waals surface area (Å²) >= 11 is 7.31. The first kappa shape index (κ1) is 16.0. The number of hydrogen-bond donors (Lipinski definition) is 2. The molecular weight excluding hydrogens is 338 g/mol. The highest BCUT2D eigenvalue weighted by Gasteiger charge is 2.33. The Bertz CT molecular complexity index is 742. The number of carbonyl (C=O) groups excluding carboxylic acids is 1. The van der Waals surface area contributed by atoms with Crippen molar-refractivity contribution in [3.63, 3.8) is 0 Å². The van der Waals surface area contributed by atoms with Crippen LogP contribution >= 0.6 is 22.9 Å². The molecule has 2 aromatic rings. The van der Waals surface area contributed by atoms with E-state index in [1.54, 1.807) is 11.0 Å². The van der Waals surface area contributed by atoms with Gasteiger partial charge >= 0.3 is 5.97 Å². The second-order valence-corrected chi connectivity index (χ2v) is 7.56. The number of nitrogens with one attached hydrogen (secondary N) is 1. The fourth-order valence-electron chi connectivity index (χ4n) is 2.95. The summed E-state index contributed by atoms with van der Waals surface area (Å²) in [5, 5.41) is 16.1. The van der Waals surface area contributed by atoms with Crippen molar-refractivity contribution in [3.05, 3.63) is 28.2 Å². The van der Waals surface area contributed by atoms with Crippen LogP contribution in [0.25, 0.3) is 10.6 Å². The van der Waals surface area contributed by atoms with Crippen molar-refractivity contribution >= 4 is 34.8 Å². The third kappa shape index (κ3) is 3.25. The molecule has 0 bridgehead atoms. The molecule has 1 aliphatic heterocycles. The molecule has 1 aliphatic rings. The topological polar surface area (TPSA) is 86.3 Å². The summed E-state index contributed by atoms with van der Waals surface area (Å²) in [6.45, 7) is 2.75. The lowest BCUT2D eigenvalue weighted by Crippen LogP contribution is -2.45. The van der Waals surface area contributed by atoms with Crippen LogP contribution < -0.4 is 0 Å². The summed E-state index contributed by atoms with van der Waals surface area (Å²) in [7, 11) is 0. The fourth-order valence-corrected chi connectivity index (χ4v) is 4.00. The Balaban J connectivity index is 1.86. The van der Waals surface area contributed by atoms with Gasteiger partial charge in [-0.25, -0.2) is 0 Å². The second-order valence-electron chi connectivity index (χ2n) is 5.85. The number of H-pyrrole nitrogens is 1. The van der Waals surface area contributed by atoms with Crippen LogP contribution in [0, 0.1) is 11.8 Å². The number of piperidine rings is 1. The van der Waals surface area contributed by atoms with Crippen molar-refractivity contribution in [2.24, 2.45) is 11.8 Å². The Morgan fingerprint density at radius 1 is 1.43 bits per heavy atom. The Morgan fingerprint density at radius 2 is 2.22 bits per heavy atom. The van der Waals surface area contributed by atoms with Crippen LogP contribution in [-0.4, -0.2) is 45.2 Å². The van der Waals surface area contributed by atoms with Crippen molar-refractivity contribution in [1.29, 1.82) is 0 Å². The van der Waals surface area contributed by atoms with Gasteiger partial charge in [-0.15, -0.1) is 11.3 Å². The van der Waals surface area contributed by atoms with Gasteiger partial charge in [0.2, 0.25) is 0 Å². The molecule has 0 radical (unpaired) electrons. The maximum atomic E-state index is 12.8. The standard InChI is InChI=1S/C15H16ClN3O3S/c1-8-4-9(15(21)22)7-19(6-8)14(20)10-5-17-18-13(10)11-2-3-12(16)23-11/h2-3,5,8-9H,4,6-7H2,1H3,(H,17,18)(H,21,22). The number of carboxylic acid groups (broad SMARTS) is 1. The van der Waals surface area contributed by atoms with Crippen LogP contribution in [0.5, 0.6) is 0 Å². The highest BCUT2D eigenvalue weighted by atomic mass is 35.5. The maximum absolute atomic E-state index is 12.8. The molecule has 8 heteroatoms. The van der Waals surface area contributed by atoms with E-state index in [4.69, 9.17) is 11.6 Å². The number of aromatic nitrogens is 2. The van der Waals surface area contributed by atoms with E-state index in [9.17, 15) is 14.7 Å². The predicted molar refractivity (Wildman–Crippen MR) is 87.7 cm³/mol. The normalized spacial score (nSPS) is 21.4. The quantitative estimate of drug-likeness (QED) is 0.888. The first-order valence-electron chi connectivity index (χ1n) is 7.27. The summed E-state index contributed by atoms with van der Waals surface area (Å²) in [6.07, 6.45) is 2.08. The SMILES string of the molecule is CC1CC(C(=O)O)CN(C(=O)c2cn[nH]c2-c2ccc(Cl)s2)C1. The molecule has 2 unspecified atom stereocenters. The summed E-state index contributed by atoms with van der Waals surface area (Å²) in [6, 6.07) is 3.59. The van der Waals surface area contributed by atoms with Gasteiger partial charge in [-0.2, -0.15) is 5.10 Å². The maximum Gasteiger partial charge on any atom is 0.308 e. The lowest BCUT2D eigenvalue weighted by Gasteiger charge is -2.34. The largest absolute Gasteiger partial charge is 0.481 e. The molecule has 1 saturated heterocycles. The number of carbonyl (C=O) groups is 2. The number of carboxylic acids is 1. The van der Waals surface area contributed by atoms with Crippen LogP contribution in [0.4, 0.5) is 0 Å². The van der Waals surface area contributed by atoms with Gasteiger partial charge in [0.25, 0.3) is 5.91 Å². The Morgan fingerprint density at radius 3 is 2.87 bits per heavy atom. The highest BCUT2D eigenvalue weighted by Crippen LogP contribution is 2.33. The van der Waals surface area contributed by atoms with E-state index < -0.39 is 11.9 Å². The number of amides is 1. The van der Waals surface area contributed by atoms with Gasteiger partial charge in [-0.3, -0.25) is 14.7 Å². The molecule has 23 heavy (non-hydrogen) atoms. The zero-order valence-corrected chi connectivity index (χ0v) is 14.0. The monoisotopic (exact) mass is 353 g/mol. The summed E-state index contributed by atoms with van der Waals surface area (Å²) in [5.74, 6) is -1.42. The van der Waals surface area contributed by atoms with Crippen molar-refractivity contribution in [3.8, 4) is 10.6 Å². The Hall–Kier alpha value is -1.86. The molecule has 2 atom stereocenters. The van der Waals surface area contributed by atoms with Gasteiger partial charge in [0.05, 0.1) is 32.6 Å². The van der Waals surface area contributed by atoms with Gasteiger partial charge in [0.1, 0.15) is 0 Å². The van der Waals surface area contributed by atoms with Crippen LogP contribution in [0.15, 0.2) is 18.3 Å². The number of halogens is 1. The molecule has 6 nitrogen and oxygen atoms in total. The molecule has 1 amide bonds. The fraction of sp³-hybridized carbons (Fsp3) is 0.400. The van der Waals surface area contributed by atoms with E-state index in [0.29, 0.717) is 28.6 Å². The smallest absolute Gasteiger partial charge is 0.308 e. The minimum Gasteiger partial charge on any atom is -0.481 e. The van der Waals surface area contributed by atoms with E-state index in [1.807, 2.05) is 13.0 Å². The lowest BCUT2D eigenvalue weighted by atomic mass is 9.90. The van der Waals surface area contributed by atoms with Crippen LogP contribution in [-0.2, 0) is 4.79 Å². The van der Waals surface area contributed by atoms with E-state index in [1.165, 1.54) is 17.5 Å². The van der Waals surface area contributed by atoms with Crippen LogP contribution in [0.1, 0.15) is 23.7 Å². The van der Waals surface area contributed by atoms with Crippen LogP contribution in [0.3, 0.4) is 0 Å². The van der Waals surface area contributed by atoms with Crippen LogP contribution in [0.2, 0.25) is 4.34 Å². The van der Waals surface area contributed by atoms with Gasteiger partial charge in [-0.1, -0.05) is 18.5 Å². The van der Waals surface area contributed by atoms with Crippen molar-refractivity contribution in [2.75, 3.05) is 13.1 Å². The molecule has 1 fully saturated rings. The van der Waals surface area contributed by atoms with Crippen molar-refractivity contribution < 1.29 is 14.7 Å². The van der Waals surface area contributed by atoms with Gasteiger partial charge < -0.3 is 10.0 Å². The lowest BCUT2D eigenvalue weighted by molar-refractivity contribution is -0.143. The number of thiophene rings is 1. The highest BCUT2D eigenvalue weighted by molar-refractivity contribution is 7.19. The van der Waals surface area contributed by atoms with Crippen molar-refractivity contribution in [2.45, 2.75) is 13.3 Å². The van der Waals surface area contributed by atoms with Crippen molar-refractivity contribution in [1.82, 2.24) is 15.1 Å². The van der Waals surface area contributed by atoms with Gasteiger partial charge in [0, 0.05) is 13.1 Å². The zero-order chi connectivity index (χ0) is 16.6. The molecule has 0 aromatic carbocycles. The number of aromatic amines is 1. The second kappa shape index (κ2) is 6.33. The Labute approximate surface area is 142 Å². The average Bonchev–Trinajstić information content (AvgIpc) is 3.14. The third-order valence-electron chi connectivity index (χ3n) is 3.99. The molecule has 2 aromatic heterocycles. The molecule has 0 spiro atoms. The molecule has 122 valence electrons. The molecule has 0 saturated carbocycles. The molecule has 2 N–H and O–H groups in total. The van der Waals surface area contributed by atoms with E-state index in [-0.39, 0.29) is 18.4 Å². The van der Waals surface area contributed by atoms with Gasteiger partial charge in [0.15, 0.2) is 0 Å². The number of nitrogens with zero attached hydrogens (tertiary/aromatic N) is 2. The summed E-state index contributed by atoms with van der Waals surface area (Å²) in [5.41, 5.74) is 1.07. The minimum atomic E-state index is -0.855. The summed E-state index contributed by atoms with van der Waals surface area (Å²) in [4.78, 5) is 26.5. The third-order valence-corrected chi connectivity index (χ3v) is 5.23. The zero-order valence-electron chi connectivity index (χ0n) is 12.5. The number of rotatable bonds is 3. The summed E-state index contributed by atoms with van der Waals surface area (Å²) < 4.78 is 0.630. The molecule has 0 aliphatic carbocycles. The first-order valence-corrected chi connectivity index (χ1v) is 8.46.